The lowest BCUT2D eigenvalue weighted by Crippen LogP contribution is -2.46. The van der Waals surface area contributed by atoms with Gasteiger partial charge in [0.15, 0.2) is 0 Å². The SMILES string of the molecule is O=C(NCc1ccn[nH]1)[C@@H]1CCCCN1. The Balaban J connectivity index is 1.76. The highest BCUT2D eigenvalue weighted by molar-refractivity contribution is 5.81. The summed E-state index contributed by atoms with van der Waals surface area (Å²) in [6, 6.07) is 1.84. The number of carbonyl (C=O) groups excluding carboxylic acids is 1. The summed E-state index contributed by atoms with van der Waals surface area (Å²) in [5, 5.41) is 12.7. The maximum atomic E-state index is 11.7. The third-order valence-electron chi connectivity index (χ3n) is 2.64. The van der Waals surface area contributed by atoms with Gasteiger partial charge in [0.25, 0.3) is 0 Å². The van der Waals surface area contributed by atoms with Crippen molar-refractivity contribution >= 4 is 5.91 Å². The van der Waals surface area contributed by atoms with Crippen molar-refractivity contribution in [3.63, 3.8) is 0 Å². The fourth-order valence-electron chi connectivity index (χ4n) is 1.76. The van der Waals surface area contributed by atoms with Gasteiger partial charge in [-0.1, -0.05) is 6.42 Å². The van der Waals surface area contributed by atoms with Crippen LogP contribution in [0.25, 0.3) is 0 Å². The van der Waals surface area contributed by atoms with E-state index in [1.807, 2.05) is 6.07 Å². The van der Waals surface area contributed by atoms with Gasteiger partial charge in [-0.2, -0.15) is 5.10 Å². The van der Waals surface area contributed by atoms with E-state index in [1.165, 1.54) is 6.42 Å². The van der Waals surface area contributed by atoms with Crippen LogP contribution in [0.1, 0.15) is 25.0 Å². The first kappa shape index (κ1) is 10.2. The summed E-state index contributed by atoms with van der Waals surface area (Å²) in [5.74, 6) is 0.0873. The van der Waals surface area contributed by atoms with Gasteiger partial charge in [0, 0.05) is 6.20 Å². The van der Waals surface area contributed by atoms with Gasteiger partial charge in [0.05, 0.1) is 18.3 Å². The van der Waals surface area contributed by atoms with Crippen molar-refractivity contribution < 1.29 is 4.79 Å². The highest BCUT2D eigenvalue weighted by Gasteiger charge is 2.19. The lowest BCUT2D eigenvalue weighted by molar-refractivity contribution is -0.123. The molecular formula is C10H16N4O. The Morgan fingerprint density at radius 3 is 3.20 bits per heavy atom. The van der Waals surface area contributed by atoms with Crippen LogP contribution >= 0.6 is 0 Å². The predicted octanol–water partition coefficient (Wildman–Crippen LogP) is 0.168. The summed E-state index contributed by atoms with van der Waals surface area (Å²) in [5.41, 5.74) is 0.930. The molecule has 0 aromatic carbocycles. The average Bonchev–Trinajstić information content (AvgIpc) is 2.80. The Kier molecular flexibility index (Phi) is 3.34. The van der Waals surface area contributed by atoms with Gasteiger partial charge in [-0.3, -0.25) is 9.89 Å². The maximum absolute atomic E-state index is 11.7. The number of aromatic nitrogens is 2. The summed E-state index contributed by atoms with van der Waals surface area (Å²) >= 11 is 0. The van der Waals surface area contributed by atoms with Crippen molar-refractivity contribution in [1.29, 1.82) is 0 Å². The molecule has 1 atom stereocenters. The Labute approximate surface area is 88.6 Å². The Morgan fingerprint density at radius 2 is 2.53 bits per heavy atom. The van der Waals surface area contributed by atoms with Crippen LogP contribution < -0.4 is 10.6 Å². The molecule has 0 radical (unpaired) electrons. The van der Waals surface area contributed by atoms with Crippen molar-refractivity contribution in [2.75, 3.05) is 6.54 Å². The van der Waals surface area contributed by atoms with Crippen LogP contribution in [-0.2, 0) is 11.3 Å². The van der Waals surface area contributed by atoms with Crippen LogP contribution in [0.2, 0.25) is 0 Å². The smallest absolute Gasteiger partial charge is 0.237 e. The number of hydrogen-bond donors (Lipinski definition) is 3. The average molecular weight is 208 g/mol. The number of nitrogens with one attached hydrogen (secondary N) is 3. The second kappa shape index (κ2) is 4.93. The molecule has 0 saturated carbocycles. The molecule has 0 bridgehead atoms. The molecule has 0 aliphatic carbocycles. The number of piperidine rings is 1. The lowest BCUT2D eigenvalue weighted by atomic mass is 10.0. The molecule has 0 unspecified atom stereocenters. The molecule has 1 aromatic rings. The van der Waals surface area contributed by atoms with E-state index in [2.05, 4.69) is 20.8 Å². The first-order valence-electron chi connectivity index (χ1n) is 5.35. The van der Waals surface area contributed by atoms with E-state index in [0.717, 1.165) is 25.1 Å². The third-order valence-corrected chi connectivity index (χ3v) is 2.64. The first-order chi connectivity index (χ1) is 7.36. The van der Waals surface area contributed by atoms with Gasteiger partial charge in [-0.15, -0.1) is 0 Å². The minimum Gasteiger partial charge on any atom is -0.349 e. The molecule has 0 spiro atoms. The van der Waals surface area contributed by atoms with Crippen molar-refractivity contribution in [2.24, 2.45) is 0 Å². The standard InChI is InChI=1S/C10H16N4O/c15-10(9-3-1-2-5-11-9)12-7-8-4-6-13-14-8/h4,6,9,11H,1-3,5,7H2,(H,12,15)(H,13,14)/t9-/m0/s1. The minimum atomic E-state index is -0.0123. The fraction of sp³-hybridized carbons (Fsp3) is 0.600. The highest BCUT2D eigenvalue weighted by Crippen LogP contribution is 2.06. The van der Waals surface area contributed by atoms with Gasteiger partial charge in [-0.05, 0) is 25.5 Å². The zero-order valence-electron chi connectivity index (χ0n) is 8.62. The van der Waals surface area contributed by atoms with Crippen LogP contribution in [0.5, 0.6) is 0 Å². The molecule has 1 aliphatic rings. The summed E-state index contributed by atoms with van der Waals surface area (Å²) in [6.45, 7) is 1.47. The van der Waals surface area contributed by atoms with E-state index in [0.29, 0.717) is 6.54 Å². The van der Waals surface area contributed by atoms with Crippen LogP contribution in [0.15, 0.2) is 12.3 Å². The number of hydrogen-bond acceptors (Lipinski definition) is 3. The molecule has 1 aliphatic heterocycles. The number of rotatable bonds is 3. The Morgan fingerprint density at radius 1 is 1.60 bits per heavy atom. The predicted molar refractivity (Wildman–Crippen MR) is 56.1 cm³/mol. The van der Waals surface area contributed by atoms with Gasteiger partial charge >= 0.3 is 0 Å². The Bertz CT molecular complexity index is 303. The Hall–Kier alpha value is -1.36. The normalized spacial score (nSPS) is 21.2. The third kappa shape index (κ3) is 2.79. The van der Waals surface area contributed by atoms with E-state index in [1.54, 1.807) is 6.20 Å². The molecule has 1 saturated heterocycles. The summed E-state index contributed by atoms with van der Waals surface area (Å²) in [4.78, 5) is 11.7. The number of aromatic amines is 1. The summed E-state index contributed by atoms with van der Waals surface area (Å²) < 4.78 is 0. The lowest BCUT2D eigenvalue weighted by Gasteiger charge is -2.22. The largest absolute Gasteiger partial charge is 0.349 e. The van der Waals surface area contributed by atoms with Crippen LogP contribution in [0.3, 0.4) is 0 Å². The molecule has 1 fully saturated rings. The van der Waals surface area contributed by atoms with Gasteiger partial charge in [-0.25, -0.2) is 0 Å². The van der Waals surface area contributed by atoms with Gasteiger partial charge in [0.2, 0.25) is 5.91 Å². The number of carbonyl (C=O) groups is 1. The van der Waals surface area contributed by atoms with E-state index >= 15 is 0 Å². The van der Waals surface area contributed by atoms with E-state index < -0.39 is 0 Å². The molecule has 1 amide bonds. The minimum absolute atomic E-state index is 0.0123. The van der Waals surface area contributed by atoms with Gasteiger partial charge < -0.3 is 10.6 Å². The molecule has 5 heteroatoms. The van der Waals surface area contributed by atoms with Crippen molar-refractivity contribution in [3.8, 4) is 0 Å². The first-order valence-corrected chi connectivity index (χ1v) is 5.35. The second-order valence-electron chi connectivity index (χ2n) is 3.80. The zero-order valence-corrected chi connectivity index (χ0v) is 8.62. The number of amides is 1. The maximum Gasteiger partial charge on any atom is 0.237 e. The zero-order chi connectivity index (χ0) is 10.5. The quantitative estimate of drug-likeness (QED) is 0.663. The van der Waals surface area contributed by atoms with Crippen LogP contribution in [0, 0.1) is 0 Å². The molecule has 5 nitrogen and oxygen atoms in total. The number of H-pyrrole nitrogens is 1. The molecule has 3 N–H and O–H groups in total. The van der Waals surface area contributed by atoms with E-state index in [4.69, 9.17) is 0 Å². The van der Waals surface area contributed by atoms with Crippen molar-refractivity contribution in [1.82, 2.24) is 20.8 Å². The second-order valence-corrected chi connectivity index (χ2v) is 3.80. The molecular weight excluding hydrogens is 192 g/mol. The summed E-state index contributed by atoms with van der Waals surface area (Å²) in [6.07, 6.45) is 4.93. The molecule has 15 heavy (non-hydrogen) atoms. The molecule has 1 aromatic heterocycles. The van der Waals surface area contributed by atoms with Crippen LogP contribution in [-0.4, -0.2) is 28.7 Å². The fourth-order valence-corrected chi connectivity index (χ4v) is 1.76. The molecule has 2 heterocycles. The monoisotopic (exact) mass is 208 g/mol. The van der Waals surface area contributed by atoms with Crippen molar-refractivity contribution in [2.45, 2.75) is 31.8 Å². The summed E-state index contributed by atoms with van der Waals surface area (Å²) in [7, 11) is 0. The topological polar surface area (TPSA) is 69.8 Å². The van der Waals surface area contributed by atoms with Gasteiger partial charge in [0.1, 0.15) is 0 Å². The highest BCUT2D eigenvalue weighted by atomic mass is 16.2. The molecule has 2 rings (SSSR count). The van der Waals surface area contributed by atoms with E-state index in [-0.39, 0.29) is 11.9 Å². The molecule has 82 valence electrons. The number of nitrogens with zero attached hydrogens (tertiary/aromatic N) is 1. The van der Waals surface area contributed by atoms with E-state index in [9.17, 15) is 4.79 Å². The van der Waals surface area contributed by atoms with Crippen molar-refractivity contribution in [3.05, 3.63) is 18.0 Å². The van der Waals surface area contributed by atoms with Crippen LogP contribution in [0.4, 0.5) is 0 Å².